The lowest BCUT2D eigenvalue weighted by Crippen LogP contribution is -2.34. The molecule has 0 aliphatic carbocycles. The number of rotatable bonds is 3. The molecule has 1 heterocycles. The Morgan fingerprint density at radius 1 is 1.58 bits per heavy atom. The molecule has 1 atom stereocenters. The van der Waals surface area contributed by atoms with Gasteiger partial charge in [0.15, 0.2) is 5.79 Å². The van der Waals surface area contributed by atoms with Crippen molar-refractivity contribution < 1.29 is 14.3 Å². The molecule has 0 saturated carbocycles. The number of nitrogens with two attached hydrogens (primary N) is 1. The topological polar surface area (TPSA) is 73.6 Å². The van der Waals surface area contributed by atoms with Crippen LogP contribution >= 0.6 is 15.9 Å². The van der Waals surface area contributed by atoms with Gasteiger partial charge < -0.3 is 20.5 Å². The Morgan fingerprint density at radius 3 is 2.95 bits per heavy atom. The highest BCUT2D eigenvalue weighted by atomic mass is 79.9. The fourth-order valence-electron chi connectivity index (χ4n) is 1.88. The molecule has 1 aliphatic rings. The van der Waals surface area contributed by atoms with Gasteiger partial charge in [-0.15, -0.1) is 0 Å². The van der Waals surface area contributed by atoms with Crippen LogP contribution in [0.1, 0.15) is 24.2 Å². The molecule has 1 amide bonds. The first-order valence-electron chi connectivity index (χ1n) is 6.02. The molecule has 0 aromatic heterocycles. The number of amides is 1. The monoisotopic (exact) mass is 328 g/mol. The lowest BCUT2D eigenvalue weighted by molar-refractivity contribution is -0.137. The molecule has 0 spiro atoms. The van der Waals surface area contributed by atoms with Gasteiger partial charge in [0.25, 0.3) is 5.91 Å². The summed E-state index contributed by atoms with van der Waals surface area (Å²) in [7, 11) is 0. The zero-order chi connectivity index (χ0) is 14.0. The van der Waals surface area contributed by atoms with Crippen molar-refractivity contribution in [3.63, 3.8) is 0 Å². The van der Waals surface area contributed by atoms with Crippen LogP contribution in [0.2, 0.25) is 0 Å². The van der Waals surface area contributed by atoms with Gasteiger partial charge in [0.2, 0.25) is 0 Å². The van der Waals surface area contributed by atoms with Crippen molar-refractivity contribution in [1.29, 1.82) is 0 Å². The van der Waals surface area contributed by atoms with E-state index in [1.165, 1.54) is 0 Å². The molecule has 1 aliphatic heterocycles. The van der Waals surface area contributed by atoms with Gasteiger partial charge in [-0.3, -0.25) is 4.79 Å². The second kappa shape index (κ2) is 5.48. The number of benzene rings is 1. The van der Waals surface area contributed by atoms with E-state index in [9.17, 15) is 4.79 Å². The fraction of sp³-hybridized carbons (Fsp3) is 0.462. The van der Waals surface area contributed by atoms with E-state index in [0.29, 0.717) is 28.9 Å². The summed E-state index contributed by atoms with van der Waals surface area (Å²) in [5.41, 5.74) is 6.74. The molecule has 0 bridgehead atoms. The number of nitrogens with one attached hydrogen (secondary N) is 1. The number of anilines is 1. The quantitative estimate of drug-likeness (QED) is 0.831. The van der Waals surface area contributed by atoms with Crippen molar-refractivity contribution in [2.75, 3.05) is 18.9 Å². The minimum absolute atomic E-state index is 0.126. The maximum atomic E-state index is 12.0. The molecule has 1 saturated heterocycles. The molecular formula is C13H17BrN2O3. The Labute approximate surface area is 120 Å². The van der Waals surface area contributed by atoms with E-state index in [0.717, 1.165) is 0 Å². The van der Waals surface area contributed by atoms with E-state index in [1.807, 2.05) is 13.8 Å². The molecule has 0 radical (unpaired) electrons. The molecule has 1 aromatic rings. The molecule has 2 rings (SSSR count). The highest BCUT2D eigenvalue weighted by Crippen LogP contribution is 2.22. The van der Waals surface area contributed by atoms with Crippen LogP contribution in [0.5, 0.6) is 0 Å². The number of halogens is 1. The number of carbonyl (C=O) groups is 1. The summed E-state index contributed by atoms with van der Waals surface area (Å²) in [6.07, 6.45) is -0.126. The van der Waals surface area contributed by atoms with E-state index in [2.05, 4.69) is 21.2 Å². The Hall–Kier alpha value is -1.11. The van der Waals surface area contributed by atoms with Gasteiger partial charge >= 0.3 is 0 Å². The maximum Gasteiger partial charge on any atom is 0.252 e. The van der Waals surface area contributed by atoms with E-state index >= 15 is 0 Å². The Morgan fingerprint density at radius 2 is 2.32 bits per heavy atom. The van der Waals surface area contributed by atoms with Crippen LogP contribution in [-0.2, 0) is 9.47 Å². The van der Waals surface area contributed by atoms with E-state index in [1.54, 1.807) is 18.2 Å². The zero-order valence-corrected chi connectivity index (χ0v) is 12.5. The van der Waals surface area contributed by atoms with E-state index in [-0.39, 0.29) is 12.0 Å². The summed E-state index contributed by atoms with van der Waals surface area (Å²) < 4.78 is 11.8. The normalized spacial score (nSPS) is 21.3. The Kier molecular flexibility index (Phi) is 4.13. The first-order valence-corrected chi connectivity index (χ1v) is 6.82. The molecule has 1 unspecified atom stereocenters. The van der Waals surface area contributed by atoms with Crippen molar-refractivity contribution in [3.05, 3.63) is 28.2 Å². The number of hydrogen-bond donors (Lipinski definition) is 2. The molecule has 1 fully saturated rings. The van der Waals surface area contributed by atoms with Crippen molar-refractivity contribution in [2.45, 2.75) is 25.7 Å². The SMILES string of the molecule is CC1(C)OCC(CNC(=O)c2cc(N)ccc2Br)O1. The average molecular weight is 329 g/mol. The summed E-state index contributed by atoms with van der Waals surface area (Å²) in [6.45, 7) is 4.58. The second-order valence-electron chi connectivity index (χ2n) is 4.90. The minimum atomic E-state index is -0.576. The van der Waals surface area contributed by atoms with Gasteiger partial charge in [-0.25, -0.2) is 0 Å². The standard InChI is InChI=1S/C13H17BrN2O3/c1-13(2)18-7-9(19-13)6-16-12(17)10-5-8(15)3-4-11(10)14/h3-5,9H,6-7,15H2,1-2H3,(H,16,17). The van der Waals surface area contributed by atoms with Crippen LogP contribution in [0.3, 0.4) is 0 Å². The van der Waals surface area contributed by atoms with Gasteiger partial charge in [0.1, 0.15) is 6.10 Å². The third kappa shape index (κ3) is 3.68. The van der Waals surface area contributed by atoms with Crippen LogP contribution in [-0.4, -0.2) is 30.9 Å². The fourth-order valence-corrected chi connectivity index (χ4v) is 2.31. The highest BCUT2D eigenvalue weighted by Gasteiger charge is 2.32. The van der Waals surface area contributed by atoms with Crippen molar-refractivity contribution in [1.82, 2.24) is 5.32 Å². The first kappa shape index (κ1) is 14.3. The van der Waals surface area contributed by atoms with Gasteiger partial charge in [-0.2, -0.15) is 0 Å². The predicted octanol–water partition coefficient (Wildman–Crippen LogP) is 1.91. The zero-order valence-electron chi connectivity index (χ0n) is 10.9. The number of hydrogen-bond acceptors (Lipinski definition) is 4. The summed E-state index contributed by atoms with van der Waals surface area (Å²) >= 11 is 3.33. The van der Waals surface area contributed by atoms with Crippen molar-refractivity contribution in [2.24, 2.45) is 0 Å². The average Bonchev–Trinajstić information content (AvgIpc) is 2.69. The molecule has 5 nitrogen and oxygen atoms in total. The Bertz CT molecular complexity index is 491. The molecule has 3 N–H and O–H groups in total. The van der Waals surface area contributed by atoms with Gasteiger partial charge in [-0.1, -0.05) is 0 Å². The second-order valence-corrected chi connectivity index (χ2v) is 5.75. The Balaban J connectivity index is 1.93. The maximum absolute atomic E-state index is 12.0. The summed E-state index contributed by atoms with van der Waals surface area (Å²) in [6, 6.07) is 5.12. The predicted molar refractivity (Wildman–Crippen MR) is 75.8 cm³/mol. The number of nitrogen functional groups attached to an aromatic ring is 1. The molecule has 19 heavy (non-hydrogen) atoms. The smallest absolute Gasteiger partial charge is 0.252 e. The number of ether oxygens (including phenoxy) is 2. The van der Waals surface area contributed by atoms with E-state index < -0.39 is 5.79 Å². The summed E-state index contributed by atoms with van der Waals surface area (Å²) in [5, 5.41) is 2.82. The van der Waals surface area contributed by atoms with Crippen LogP contribution in [0.25, 0.3) is 0 Å². The molecule has 104 valence electrons. The van der Waals surface area contributed by atoms with Gasteiger partial charge in [0, 0.05) is 16.7 Å². The minimum Gasteiger partial charge on any atom is -0.399 e. The number of carbonyl (C=O) groups excluding carboxylic acids is 1. The van der Waals surface area contributed by atoms with Crippen LogP contribution in [0, 0.1) is 0 Å². The van der Waals surface area contributed by atoms with Gasteiger partial charge in [-0.05, 0) is 48.0 Å². The summed E-state index contributed by atoms with van der Waals surface area (Å²) in [5.74, 6) is -0.764. The molecular weight excluding hydrogens is 312 g/mol. The first-order chi connectivity index (χ1) is 8.87. The lowest BCUT2D eigenvalue weighted by Gasteiger charge is -2.17. The van der Waals surface area contributed by atoms with Crippen LogP contribution in [0.4, 0.5) is 5.69 Å². The molecule has 1 aromatic carbocycles. The van der Waals surface area contributed by atoms with Crippen molar-refractivity contribution >= 4 is 27.5 Å². The third-order valence-electron chi connectivity index (χ3n) is 2.79. The molecule has 6 heteroatoms. The van der Waals surface area contributed by atoms with Crippen LogP contribution in [0.15, 0.2) is 22.7 Å². The highest BCUT2D eigenvalue weighted by molar-refractivity contribution is 9.10. The van der Waals surface area contributed by atoms with Gasteiger partial charge in [0.05, 0.1) is 12.2 Å². The largest absolute Gasteiger partial charge is 0.399 e. The lowest BCUT2D eigenvalue weighted by atomic mass is 10.2. The third-order valence-corrected chi connectivity index (χ3v) is 3.48. The van der Waals surface area contributed by atoms with E-state index in [4.69, 9.17) is 15.2 Å². The van der Waals surface area contributed by atoms with Crippen LogP contribution < -0.4 is 11.1 Å². The summed E-state index contributed by atoms with van der Waals surface area (Å²) in [4.78, 5) is 12.0. The van der Waals surface area contributed by atoms with Crippen molar-refractivity contribution in [3.8, 4) is 0 Å².